The van der Waals surface area contributed by atoms with Crippen molar-refractivity contribution in [2.75, 3.05) is 26.2 Å². The molecule has 1 aromatic carbocycles. The van der Waals surface area contributed by atoms with E-state index in [0.29, 0.717) is 19.7 Å². The van der Waals surface area contributed by atoms with E-state index in [-0.39, 0.29) is 22.6 Å². The van der Waals surface area contributed by atoms with E-state index in [9.17, 15) is 8.42 Å². The molecule has 0 aliphatic carbocycles. The monoisotopic (exact) mass is 368 g/mol. The molecule has 1 fully saturated rings. The number of benzene rings is 1. The fraction of sp³-hybridized carbons (Fsp3) is 0.455. The molecule has 1 aliphatic rings. The number of rotatable bonds is 3. The summed E-state index contributed by atoms with van der Waals surface area (Å²) in [4.78, 5) is 0.107. The molecule has 5 nitrogen and oxygen atoms in total. The van der Waals surface area contributed by atoms with Gasteiger partial charge in [0.1, 0.15) is 4.90 Å². The molecule has 1 heterocycles. The summed E-state index contributed by atoms with van der Waals surface area (Å²) in [5, 5.41) is 0.199. The number of morpholine rings is 1. The van der Waals surface area contributed by atoms with E-state index in [1.165, 1.54) is 10.4 Å². The van der Waals surface area contributed by atoms with E-state index in [1.54, 1.807) is 12.1 Å². The van der Waals surface area contributed by atoms with Gasteiger partial charge in [-0.1, -0.05) is 27.5 Å². The van der Waals surface area contributed by atoms with Gasteiger partial charge in [0, 0.05) is 24.1 Å². The van der Waals surface area contributed by atoms with Crippen molar-refractivity contribution >= 4 is 37.6 Å². The molecule has 1 aromatic rings. The van der Waals surface area contributed by atoms with Crippen molar-refractivity contribution in [2.24, 2.45) is 5.73 Å². The summed E-state index contributed by atoms with van der Waals surface area (Å²) in [7, 11) is -3.61. The third kappa shape index (κ3) is 3.29. The Morgan fingerprint density at radius 1 is 1.53 bits per heavy atom. The van der Waals surface area contributed by atoms with Crippen LogP contribution in [0.2, 0.25) is 5.02 Å². The maximum Gasteiger partial charge on any atom is 0.244 e. The van der Waals surface area contributed by atoms with Gasteiger partial charge in [-0.3, -0.25) is 0 Å². The van der Waals surface area contributed by atoms with Crippen molar-refractivity contribution < 1.29 is 13.2 Å². The average Bonchev–Trinajstić information content (AvgIpc) is 2.38. The Kier molecular flexibility index (Phi) is 4.86. The average molecular weight is 370 g/mol. The number of sulfonamides is 1. The van der Waals surface area contributed by atoms with E-state index >= 15 is 0 Å². The number of nitrogens with two attached hydrogens (primary N) is 1. The molecule has 0 radical (unpaired) electrons. The topological polar surface area (TPSA) is 72.6 Å². The first-order chi connectivity index (χ1) is 8.95. The molecule has 19 heavy (non-hydrogen) atoms. The van der Waals surface area contributed by atoms with E-state index in [4.69, 9.17) is 22.1 Å². The molecule has 2 rings (SSSR count). The van der Waals surface area contributed by atoms with Gasteiger partial charge in [0.15, 0.2) is 0 Å². The zero-order chi connectivity index (χ0) is 14.0. The predicted octanol–water partition coefficient (Wildman–Crippen LogP) is 1.45. The fourth-order valence-electron chi connectivity index (χ4n) is 1.88. The lowest BCUT2D eigenvalue weighted by molar-refractivity contribution is 0.00451. The minimum atomic E-state index is -3.61. The minimum absolute atomic E-state index is 0.107. The quantitative estimate of drug-likeness (QED) is 0.875. The largest absolute Gasteiger partial charge is 0.374 e. The normalized spacial score (nSPS) is 21.5. The number of hydrogen-bond acceptors (Lipinski definition) is 4. The van der Waals surface area contributed by atoms with Crippen molar-refractivity contribution in [2.45, 2.75) is 11.0 Å². The van der Waals surface area contributed by atoms with Crippen molar-refractivity contribution in [3.05, 3.63) is 27.7 Å². The molecule has 0 saturated carbocycles. The second kappa shape index (κ2) is 6.07. The Balaban J connectivity index is 2.31. The van der Waals surface area contributed by atoms with Crippen LogP contribution in [0.4, 0.5) is 0 Å². The molecule has 106 valence electrons. The highest BCUT2D eigenvalue weighted by Gasteiger charge is 2.31. The highest BCUT2D eigenvalue weighted by Crippen LogP contribution is 2.28. The lowest BCUT2D eigenvalue weighted by Gasteiger charge is -2.31. The van der Waals surface area contributed by atoms with Crippen LogP contribution in [-0.2, 0) is 14.8 Å². The van der Waals surface area contributed by atoms with Crippen LogP contribution in [0.5, 0.6) is 0 Å². The Bertz CT molecular complexity index is 567. The summed E-state index contributed by atoms with van der Waals surface area (Å²) in [6.07, 6.45) is -0.266. The molecular formula is C11H14BrClN2O3S. The van der Waals surface area contributed by atoms with Gasteiger partial charge in [0.2, 0.25) is 10.0 Å². The summed E-state index contributed by atoms with van der Waals surface area (Å²) in [6.45, 7) is 1.20. The molecule has 0 bridgehead atoms. The zero-order valence-electron chi connectivity index (χ0n) is 10.1. The zero-order valence-corrected chi connectivity index (χ0v) is 13.2. The lowest BCUT2D eigenvalue weighted by Crippen LogP contribution is -2.48. The Morgan fingerprint density at radius 3 is 2.89 bits per heavy atom. The van der Waals surface area contributed by atoms with Gasteiger partial charge < -0.3 is 10.5 Å². The van der Waals surface area contributed by atoms with Gasteiger partial charge in [0.05, 0.1) is 17.7 Å². The van der Waals surface area contributed by atoms with Crippen LogP contribution >= 0.6 is 27.5 Å². The summed E-state index contributed by atoms with van der Waals surface area (Å²) in [5.74, 6) is 0. The summed E-state index contributed by atoms with van der Waals surface area (Å²) < 4.78 is 32.5. The number of hydrogen-bond donors (Lipinski definition) is 1. The highest BCUT2D eigenvalue weighted by atomic mass is 79.9. The van der Waals surface area contributed by atoms with E-state index in [1.807, 2.05) is 0 Å². The van der Waals surface area contributed by atoms with Gasteiger partial charge in [-0.05, 0) is 18.2 Å². The second-order valence-corrected chi connectivity index (χ2v) is 7.40. The molecule has 8 heteroatoms. The van der Waals surface area contributed by atoms with E-state index in [0.717, 1.165) is 4.47 Å². The first-order valence-corrected chi connectivity index (χ1v) is 8.33. The highest BCUT2D eigenvalue weighted by molar-refractivity contribution is 9.10. The van der Waals surface area contributed by atoms with E-state index in [2.05, 4.69) is 15.9 Å². The molecular weight excluding hydrogens is 356 g/mol. The Morgan fingerprint density at radius 2 is 2.26 bits per heavy atom. The molecule has 1 atom stereocenters. The van der Waals surface area contributed by atoms with Gasteiger partial charge >= 0.3 is 0 Å². The van der Waals surface area contributed by atoms with Crippen molar-refractivity contribution in [3.63, 3.8) is 0 Å². The number of nitrogens with zero attached hydrogens (tertiary/aromatic N) is 1. The minimum Gasteiger partial charge on any atom is -0.374 e. The molecule has 1 aliphatic heterocycles. The van der Waals surface area contributed by atoms with Gasteiger partial charge in [0.25, 0.3) is 0 Å². The molecule has 1 unspecified atom stereocenters. The van der Waals surface area contributed by atoms with Crippen molar-refractivity contribution in [1.82, 2.24) is 4.31 Å². The fourth-order valence-corrected chi connectivity index (χ4v) is 4.34. The van der Waals surface area contributed by atoms with Gasteiger partial charge in [-0.25, -0.2) is 8.42 Å². The first-order valence-electron chi connectivity index (χ1n) is 5.72. The maximum atomic E-state index is 12.5. The SMILES string of the molecule is NCC1CN(S(=O)(=O)c2ccc(Br)cc2Cl)CCO1. The second-order valence-electron chi connectivity index (χ2n) is 4.17. The van der Waals surface area contributed by atoms with E-state index < -0.39 is 10.0 Å². The molecule has 0 aromatic heterocycles. The van der Waals surface area contributed by atoms with Crippen LogP contribution in [0.3, 0.4) is 0 Å². The van der Waals surface area contributed by atoms with Crippen molar-refractivity contribution in [3.8, 4) is 0 Å². The summed E-state index contributed by atoms with van der Waals surface area (Å²) in [5.41, 5.74) is 5.52. The smallest absolute Gasteiger partial charge is 0.244 e. The third-order valence-electron chi connectivity index (χ3n) is 2.88. The van der Waals surface area contributed by atoms with Gasteiger partial charge in [-0.15, -0.1) is 0 Å². The Hall–Kier alpha value is -0.180. The predicted molar refractivity (Wildman–Crippen MR) is 76.7 cm³/mol. The van der Waals surface area contributed by atoms with Crippen molar-refractivity contribution in [1.29, 1.82) is 0 Å². The summed E-state index contributed by atoms with van der Waals surface area (Å²) >= 11 is 9.26. The van der Waals surface area contributed by atoms with Crippen LogP contribution < -0.4 is 5.73 Å². The van der Waals surface area contributed by atoms with Crippen LogP contribution in [-0.4, -0.2) is 45.1 Å². The molecule has 0 spiro atoms. The third-order valence-corrected chi connectivity index (χ3v) is 5.72. The number of halogens is 2. The maximum absolute atomic E-state index is 12.5. The number of ether oxygens (including phenoxy) is 1. The van der Waals surface area contributed by atoms with Crippen LogP contribution in [0, 0.1) is 0 Å². The van der Waals surface area contributed by atoms with Crippen LogP contribution in [0.1, 0.15) is 0 Å². The Labute approximate surface area is 125 Å². The molecule has 0 amide bonds. The summed E-state index contributed by atoms with van der Waals surface area (Å²) in [6, 6.07) is 4.71. The first kappa shape index (κ1) is 15.2. The standard InChI is InChI=1S/C11H14BrClN2O3S/c12-8-1-2-11(10(13)5-8)19(16,17)15-3-4-18-9(6-14)7-15/h1-2,5,9H,3-4,6-7,14H2. The molecule has 1 saturated heterocycles. The van der Waals surface area contributed by atoms with Crippen LogP contribution in [0.25, 0.3) is 0 Å². The van der Waals surface area contributed by atoms with Crippen LogP contribution in [0.15, 0.2) is 27.6 Å². The molecule has 2 N–H and O–H groups in total. The lowest BCUT2D eigenvalue weighted by atomic mass is 10.3. The van der Waals surface area contributed by atoms with Gasteiger partial charge in [-0.2, -0.15) is 4.31 Å².